The molecule has 0 aliphatic carbocycles. The van der Waals surface area contributed by atoms with Crippen LogP contribution in [0.1, 0.15) is 20.8 Å². The number of benzene rings is 4. The summed E-state index contributed by atoms with van der Waals surface area (Å²) in [7, 11) is 0. The second-order valence-corrected chi connectivity index (χ2v) is 7.89. The molecule has 0 amide bonds. The molecule has 0 N–H and O–H groups in total. The molecule has 0 bridgehead atoms. The average Bonchev–Trinajstić information content (AvgIpc) is 2.69. The molecule has 0 radical (unpaired) electrons. The fourth-order valence-corrected chi connectivity index (χ4v) is 3.78. The van der Waals surface area contributed by atoms with Crippen molar-refractivity contribution in [2.45, 2.75) is 26.3 Å². The Morgan fingerprint density at radius 3 is 1.85 bits per heavy atom. The number of anilines is 2. The molecule has 134 valence electrons. The molecule has 0 aliphatic heterocycles. The molecule has 0 aliphatic rings. The SMILES string of the molecule is CC(C)(C)N(c1ccccc1)c1c(-c2ccccc2)ccc2ccccc12. The highest BCUT2D eigenvalue weighted by atomic mass is 15.2. The lowest BCUT2D eigenvalue weighted by molar-refractivity contribution is 0.562. The van der Waals surface area contributed by atoms with Gasteiger partial charge in [-0.1, -0.05) is 84.9 Å². The minimum atomic E-state index is -0.0744. The summed E-state index contributed by atoms with van der Waals surface area (Å²) in [5.41, 5.74) is 4.89. The van der Waals surface area contributed by atoms with Crippen molar-refractivity contribution < 1.29 is 0 Å². The molecule has 0 unspecified atom stereocenters. The molecule has 0 aromatic heterocycles. The fraction of sp³-hybridized carbons (Fsp3) is 0.154. The Morgan fingerprint density at radius 1 is 0.593 bits per heavy atom. The largest absolute Gasteiger partial charge is 0.335 e. The van der Waals surface area contributed by atoms with Crippen molar-refractivity contribution >= 4 is 22.1 Å². The van der Waals surface area contributed by atoms with Crippen LogP contribution in [0, 0.1) is 0 Å². The summed E-state index contributed by atoms with van der Waals surface area (Å²) in [6.07, 6.45) is 0. The van der Waals surface area contributed by atoms with Crippen LogP contribution >= 0.6 is 0 Å². The Labute approximate surface area is 161 Å². The fourth-order valence-electron chi connectivity index (χ4n) is 3.78. The maximum Gasteiger partial charge on any atom is 0.0575 e. The van der Waals surface area contributed by atoms with Crippen molar-refractivity contribution in [1.29, 1.82) is 0 Å². The van der Waals surface area contributed by atoms with Crippen LogP contribution in [-0.4, -0.2) is 5.54 Å². The molecule has 0 saturated carbocycles. The van der Waals surface area contributed by atoms with Crippen LogP contribution in [0.3, 0.4) is 0 Å². The van der Waals surface area contributed by atoms with Gasteiger partial charge in [-0.25, -0.2) is 0 Å². The summed E-state index contributed by atoms with van der Waals surface area (Å²) < 4.78 is 0. The van der Waals surface area contributed by atoms with Gasteiger partial charge in [-0.05, 0) is 43.9 Å². The second kappa shape index (κ2) is 6.92. The lowest BCUT2D eigenvalue weighted by atomic mass is 9.93. The molecule has 1 heteroatoms. The van der Waals surface area contributed by atoms with E-state index in [1.54, 1.807) is 0 Å². The molecule has 0 spiro atoms. The van der Waals surface area contributed by atoms with Crippen LogP contribution in [0.2, 0.25) is 0 Å². The highest BCUT2D eigenvalue weighted by molar-refractivity contribution is 6.04. The molecule has 4 aromatic carbocycles. The van der Waals surface area contributed by atoms with Crippen LogP contribution in [0.4, 0.5) is 11.4 Å². The van der Waals surface area contributed by atoms with Gasteiger partial charge in [-0.15, -0.1) is 0 Å². The molecule has 4 rings (SSSR count). The number of nitrogens with zero attached hydrogens (tertiary/aromatic N) is 1. The Bertz CT molecular complexity index is 1040. The minimum absolute atomic E-state index is 0.0744. The van der Waals surface area contributed by atoms with Gasteiger partial charge in [0.2, 0.25) is 0 Å². The highest BCUT2D eigenvalue weighted by Gasteiger charge is 2.27. The Balaban J connectivity index is 2.08. The Kier molecular flexibility index (Phi) is 4.45. The number of para-hydroxylation sites is 1. The van der Waals surface area contributed by atoms with Crippen molar-refractivity contribution in [3.05, 3.63) is 97.1 Å². The monoisotopic (exact) mass is 351 g/mol. The van der Waals surface area contributed by atoms with E-state index in [1.807, 2.05) is 0 Å². The van der Waals surface area contributed by atoms with Crippen LogP contribution in [0.25, 0.3) is 21.9 Å². The summed E-state index contributed by atoms with van der Waals surface area (Å²) >= 11 is 0. The quantitative estimate of drug-likeness (QED) is 0.370. The first-order chi connectivity index (χ1) is 13.1. The van der Waals surface area contributed by atoms with E-state index in [0.717, 1.165) is 0 Å². The third-order valence-corrected chi connectivity index (χ3v) is 4.89. The zero-order valence-electron chi connectivity index (χ0n) is 16.2. The van der Waals surface area contributed by atoms with Crippen LogP contribution in [0.15, 0.2) is 97.1 Å². The Hall–Kier alpha value is -3.06. The average molecular weight is 351 g/mol. The first kappa shape index (κ1) is 17.4. The van der Waals surface area contributed by atoms with E-state index >= 15 is 0 Å². The van der Waals surface area contributed by atoms with E-state index in [0.29, 0.717) is 0 Å². The third kappa shape index (κ3) is 3.33. The molecule has 0 heterocycles. The lowest BCUT2D eigenvalue weighted by Gasteiger charge is -2.40. The smallest absolute Gasteiger partial charge is 0.0575 e. The molecule has 4 aromatic rings. The van der Waals surface area contributed by atoms with E-state index in [1.165, 1.54) is 33.3 Å². The van der Waals surface area contributed by atoms with Crippen LogP contribution in [0.5, 0.6) is 0 Å². The highest BCUT2D eigenvalue weighted by Crippen LogP contribution is 2.44. The predicted molar refractivity (Wildman–Crippen MR) is 118 cm³/mol. The number of hydrogen-bond donors (Lipinski definition) is 0. The Morgan fingerprint density at radius 2 is 1.19 bits per heavy atom. The topological polar surface area (TPSA) is 3.24 Å². The van der Waals surface area contributed by atoms with Crippen molar-refractivity contribution in [3.8, 4) is 11.1 Å². The van der Waals surface area contributed by atoms with Gasteiger partial charge in [0, 0.05) is 22.2 Å². The summed E-state index contributed by atoms with van der Waals surface area (Å²) in [6, 6.07) is 34.5. The first-order valence-electron chi connectivity index (χ1n) is 9.48. The van der Waals surface area contributed by atoms with Gasteiger partial charge in [-0.3, -0.25) is 0 Å². The van der Waals surface area contributed by atoms with E-state index in [9.17, 15) is 0 Å². The zero-order valence-corrected chi connectivity index (χ0v) is 16.2. The van der Waals surface area contributed by atoms with E-state index in [-0.39, 0.29) is 5.54 Å². The number of rotatable bonds is 3. The zero-order chi connectivity index (χ0) is 18.9. The van der Waals surface area contributed by atoms with E-state index in [4.69, 9.17) is 0 Å². The summed E-state index contributed by atoms with van der Waals surface area (Å²) in [4.78, 5) is 2.47. The standard InChI is InChI=1S/C26H25N/c1-26(2,3)27(22-15-8-5-9-16-22)25-23-17-11-10-14-21(23)18-19-24(25)20-12-6-4-7-13-20/h4-19H,1-3H3. The van der Waals surface area contributed by atoms with Crippen LogP contribution in [-0.2, 0) is 0 Å². The maximum absolute atomic E-state index is 2.47. The number of hydrogen-bond acceptors (Lipinski definition) is 1. The molecular formula is C26H25N. The summed E-state index contributed by atoms with van der Waals surface area (Å²) in [6.45, 7) is 6.82. The van der Waals surface area contributed by atoms with Crippen molar-refractivity contribution in [1.82, 2.24) is 0 Å². The minimum Gasteiger partial charge on any atom is -0.335 e. The van der Waals surface area contributed by atoms with Gasteiger partial charge < -0.3 is 4.90 Å². The molecule has 0 atom stereocenters. The van der Waals surface area contributed by atoms with Gasteiger partial charge in [0.25, 0.3) is 0 Å². The van der Waals surface area contributed by atoms with E-state index < -0.39 is 0 Å². The van der Waals surface area contributed by atoms with Gasteiger partial charge in [0.05, 0.1) is 5.69 Å². The van der Waals surface area contributed by atoms with Crippen molar-refractivity contribution in [3.63, 3.8) is 0 Å². The van der Waals surface area contributed by atoms with Gasteiger partial charge in [-0.2, -0.15) is 0 Å². The van der Waals surface area contributed by atoms with Crippen molar-refractivity contribution in [2.24, 2.45) is 0 Å². The van der Waals surface area contributed by atoms with Gasteiger partial charge >= 0.3 is 0 Å². The molecule has 27 heavy (non-hydrogen) atoms. The van der Waals surface area contributed by atoms with Crippen LogP contribution < -0.4 is 4.90 Å². The number of fused-ring (bicyclic) bond motifs is 1. The van der Waals surface area contributed by atoms with Gasteiger partial charge in [0.1, 0.15) is 0 Å². The normalized spacial score (nSPS) is 11.5. The summed E-state index contributed by atoms with van der Waals surface area (Å²) in [5, 5.41) is 2.54. The van der Waals surface area contributed by atoms with Gasteiger partial charge in [0.15, 0.2) is 0 Å². The molecule has 0 saturated heterocycles. The third-order valence-electron chi connectivity index (χ3n) is 4.89. The first-order valence-corrected chi connectivity index (χ1v) is 9.48. The lowest BCUT2D eigenvalue weighted by Crippen LogP contribution is -2.38. The predicted octanol–water partition coefficient (Wildman–Crippen LogP) is 7.44. The van der Waals surface area contributed by atoms with Crippen molar-refractivity contribution in [2.75, 3.05) is 4.90 Å². The summed E-state index contributed by atoms with van der Waals surface area (Å²) in [5.74, 6) is 0. The van der Waals surface area contributed by atoms with E-state index in [2.05, 4.69) is 123 Å². The maximum atomic E-state index is 2.47. The molecular weight excluding hydrogens is 326 g/mol. The molecule has 1 nitrogen and oxygen atoms in total. The molecule has 0 fully saturated rings. The second-order valence-electron chi connectivity index (χ2n) is 7.89.